The molecule has 2 rings (SSSR count). The number of benzene rings is 1. The highest BCUT2D eigenvalue weighted by molar-refractivity contribution is 6.83. The van der Waals surface area contributed by atoms with Crippen molar-refractivity contribution in [1.29, 1.82) is 0 Å². The van der Waals surface area contributed by atoms with Gasteiger partial charge in [0.1, 0.15) is 0 Å². The molecule has 0 bridgehead atoms. The van der Waals surface area contributed by atoms with Gasteiger partial charge in [0.15, 0.2) is 0 Å². The fraction of sp³-hybridized carbons (Fsp3) is 0.667. The maximum atomic E-state index is 2.68. The quantitative estimate of drug-likeness (QED) is 0.481. The van der Waals surface area contributed by atoms with Crippen LogP contribution in [0.3, 0.4) is 0 Å². The summed E-state index contributed by atoms with van der Waals surface area (Å²) in [5, 5.41) is 1.85. The Hall–Kier alpha value is -0.823. The van der Waals surface area contributed by atoms with Gasteiger partial charge in [0, 0.05) is 0 Å². The highest BCUT2D eigenvalue weighted by atomic mass is 28.3. The van der Waals surface area contributed by atoms with E-state index in [2.05, 4.69) is 49.5 Å². The van der Waals surface area contributed by atoms with E-state index in [1.54, 1.807) is 0 Å². The van der Waals surface area contributed by atoms with Crippen LogP contribution in [0.4, 0.5) is 0 Å². The van der Waals surface area contributed by atoms with Gasteiger partial charge in [-0.3, -0.25) is 0 Å². The number of hydrogen-bond donors (Lipinski definition) is 0. The minimum atomic E-state index is -1.34. The van der Waals surface area contributed by atoms with Crippen LogP contribution < -0.4 is 0 Å². The lowest BCUT2D eigenvalue weighted by Gasteiger charge is -2.27. The van der Waals surface area contributed by atoms with Crippen LogP contribution >= 0.6 is 0 Å². The molecule has 0 nitrogen and oxygen atoms in total. The Balaban J connectivity index is 1.97. The van der Waals surface area contributed by atoms with Crippen LogP contribution in [0.5, 0.6) is 0 Å². The van der Waals surface area contributed by atoms with Gasteiger partial charge < -0.3 is 0 Å². The van der Waals surface area contributed by atoms with E-state index in [-0.39, 0.29) is 0 Å². The Morgan fingerprint density at radius 2 is 1.20 bits per heavy atom. The highest BCUT2D eigenvalue weighted by Gasteiger charge is 2.25. The summed E-state index contributed by atoms with van der Waals surface area (Å²) in [6, 6.07) is 12.5. The second-order valence-corrected chi connectivity index (χ2v) is 13.5. The maximum Gasteiger partial charge on any atom is 0.0793 e. The van der Waals surface area contributed by atoms with Gasteiger partial charge in [0.2, 0.25) is 0 Å². The molecule has 140 valence electrons. The van der Waals surface area contributed by atoms with Crippen molar-refractivity contribution in [3.8, 4) is 0 Å². The van der Waals surface area contributed by atoms with Gasteiger partial charge in [-0.1, -0.05) is 118 Å². The van der Waals surface area contributed by atoms with Gasteiger partial charge >= 0.3 is 0 Å². The molecule has 25 heavy (non-hydrogen) atoms. The molecule has 1 heteroatoms. The van der Waals surface area contributed by atoms with Crippen LogP contribution in [0.15, 0.2) is 41.6 Å². The fourth-order valence-corrected chi connectivity index (χ4v) is 7.30. The van der Waals surface area contributed by atoms with Gasteiger partial charge in [0.25, 0.3) is 0 Å². The van der Waals surface area contributed by atoms with E-state index >= 15 is 0 Å². The number of hydrogen-bond acceptors (Lipinski definition) is 0. The van der Waals surface area contributed by atoms with Gasteiger partial charge in [-0.25, -0.2) is 0 Å². The normalized spacial score (nSPS) is 21.6. The van der Waals surface area contributed by atoms with Crippen LogP contribution in [-0.4, -0.2) is 8.07 Å². The molecule has 0 saturated heterocycles. The van der Waals surface area contributed by atoms with Crippen molar-refractivity contribution in [2.45, 2.75) is 103 Å². The van der Waals surface area contributed by atoms with E-state index < -0.39 is 8.07 Å². The lowest BCUT2D eigenvalue weighted by atomic mass is 10.1. The lowest BCUT2D eigenvalue weighted by Crippen LogP contribution is -2.33. The summed E-state index contributed by atoms with van der Waals surface area (Å²) in [6.07, 6.45) is 21.3. The van der Waals surface area contributed by atoms with E-state index in [0.717, 1.165) is 0 Å². The van der Waals surface area contributed by atoms with Crippen molar-refractivity contribution >= 4 is 8.07 Å². The molecule has 1 aromatic carbocycles. The number of allylic oxidation sites excluding steroid dienone is 2. The van der Waals surface area contributed by atoms with Crippen LogP contribution in [0.1, 0.15) is 89.0 Å². The van der Waals surface area contributed by atoms with Crippen molar-refractivity contribution < 1.29 is 0 Å². The molecule has 0 fully saturated rings. The minimum Gasteiger partial charge on any atom is -0.0891 e. The Labute approximate surface area is 158 Å². The smallest absolute Gasteiger partial charge is 0.0793 e. The highest BCUT2D eigenvalue weighted by Crippen LogP contribution is 2.27. The average Bonchev–Trinajstić information content (AvgIpc) is 2.61. The van der Waals surface area contributed by atoms with Gasteiger partial charge in [-0.2, -0.15) is 0 Å². The summed E-state index contributed by atoms with van der Waals surface area (Å²) >= 11 is 0. The van der Waals surface area contributed by atoms with Crippen LogP contribution in [-0.2, 0) is 6.04 Å². The molecular weight excluding hydrogens is 316 g/mol. The average molecular weight is 357 g/mol. The SMILES string of the molecule is C[Si](C)(Cc1ccccc1)/C1=C\CCCCCCCCCCCCC1. The van der Waals surface area contributed by atoms with Crippen molar-refractivity contribution in [3.05, 3.63) is 47.2 Å². The summed E-state index contributed by atoms with van der Waals surface area (Å²) in [5.41, 5.74) is 1.54. The predicted molar refractivity (Wildman–Crippen MR) is 116 cm³/mol. The lowest BCUT2D eigenvalue weighted by molar-refractivity contribution is 0.549. The summed E-state index contributed by atoms with van der Waals surface area (Å²) in [6.45, 7) is 5.19. The summed E-state index contributed by atoms with van der Waals surface area (Å²) in [7, 11) is -1.34. The van der Waals surface area contributed by atoms with E-state index in [0.29, 0.717) is 0 Å². The molecule has 0 atom stereocenters. The predicted octanol–water partition coefficient (Wildman–Crippen LogP) is 8.03. The van der Waals surface area contributed by atoms with Gasteiger partial charge in [0.05, 0.1) is 8.07 Å². The zero-order valence-electron chi connectivity index (χ0n) is 16.9. The third-order valence-electron chi connectivity index (χ3n) is 5.90. The molecule has 0 heterocycles. The Kier molecular flexibility index (Phi) is 9.61. The zero-order valence-corrected chi connectivity index (χ0v) is 17.9. The summed E-state index contributed by atoms with van der Waals surface area (Å²) in [4.78, 5) is 0. The second-order valence-electron chi connectivity index (χ2n) is 8.70. The molecule has 0 radical (unpaired) electrons. The third kappa shape index (κ3) is 8.40. The summed E-state index contributed by atoms with van der Waals surface area (Å²) in [5.74, 6) is 0. The minimum absolute atomic E-state index is 1.31. The molecule has 1 aromatic rings. The molecule has 0 saturated carbocycles. The molecular formula is C24H40Si. The first-order chi connectivity index (χ1) is 12.2. The first-order valence-corrected chi connectivity index (χ1v) is 14.1. The molecule has 0 unspecified atom stereocenters. The van der Waals surface area contributed by atoms with Crippen LogP contribution in [0.2, 0.25) is 13.1 Å². The number of rotatable bonds is 3. The molecule has 0 spiro atoms. The molecule has 1 aliphatic rings. The van der Waals surface area contributed by atoms with Crippen LogP contribution in [0, 0.1) is 0 Å². The van der Waals surface area contributed by atoms with Crippen molar-refractivity contribution in [3.63, 3.8) is 0 Å². The fourth-order valence-electron chi connectivity index (χ4n) is 4.26. The topological polar surface area (TPSA) is 0 Å². The van der Waals surface area contributed by atoms with Crippen molar-refractivity contribution in [2.24, 2.45) is 0 Å². The van der Waals surface area contributed by atoms with Gasteiger partial charge in [-0.15, -0.1) is 0 Å². The monoisotopic (exact) mass is 356 g/mol. The zero-order chi connectivity index (χ0) is 17.8. The van der Waals surface area contributed by atoms with Gasteiger partial charge in [-0.05, 0) is 31.7 Å². The second kappa shape index (κ2) is 11.7. The summed E-state index contributed by atoms with van der Waals surface area (Å²) < 4.78 is 0. The standard InChI is InChI=1S/C24H40Si/c1-25(2,22-23-18-14-13-15-19-23)24-20-16-11-9-7-5-3-4-6-8-10-12-17-21-24/h13-15,18-20H,3-12,16-17,21-22H2,1-2H3/b24-20-. The molecule has 0 N–H and O–H groups in total. The largest absolute Gasteiger partial charge is 0.0891 e. The maximum absolute atomic E-state index is 2.68. The van der Waals surface area contributed by atoms with E-state index in [9.17, 15) is 0 Å². The van der Waals surface area contributed by atoms with Crippen molar-refractivity contribution in [2.75, 3.05) is 0 Å². The Bertz CT molecular complexity index is 486. The molecule has 1 aliphatic carbocycles. The van der Waals surface area contributed by atoms with E-state index in [1.165, 1.54) is 95.1 Å². The molecule has 0 amide bonds. The first kappa shape index (κ1) is 20.5. The molecule has 0 aromatic heterocycles. The first-order valence-electron chi connectivity index (χ1n) is 10.9. The van der Waals surface area contributed by atoms with E-state index in [4.69, 9.17) is 0 Å². The Morgan fingerprint density at radius 1 is 0.680 bits per heavy atom. The van der Waals surface area contributed by atoms with E-state index in [1.807, 2.05) is 5.20 Å². The Morgan fingerprint density at radius 3 is 1.80 bits per heavy atom. The third-order valence-corrected chi connectivity index (χ3v) is 9.38. The van der Waals surface area contributed by atoms with Crippen molar-refractivity contribution in [1.82, 2.24) is 0 Å². The van der Waals surface area contributed by atoms with Crippen LogP contribution in [0.25, 0.3) is 0 Å². The molecule has 0 aliphatic heterocycles.